The van der Waals surface area contributed by atoms with Gasteiger partial charge in [0.15, 0.2) is 18.1 Å². The topological polar surface area (TPSA) is 56.8 Å². The molecule has 5 heteroatoms. The van der Waals surface area contributed by atoms with Crippen molar-refractivity contribution >= 4 is 11.6 Å². The summed E-state index contributed by atoms with van der Waals surface area (Å²) in [5.74, 6) is 1.72. The first-order chi connectivity index (χ1) is 13.2. The van der Waals surface area contributed by atoms with Gasteiger partial charge >= 0.3 is 0 Å². The molecule has 5 nitrogen and oxygen atoms in total. The Morgan fingerprint density at radius 2 is 1.59 bits per heavy atom. The van der Waals surface area contributed by atoms with E-state index in [2.05, 4.69) is 12.2 Å². The molecule has 2 aromatic carbocycles. The summed E-state index contributed by atoms with van der Waals surface area (Å²) < 4.78 is 16.4. The van der Waals surface area contributed by atoms with Gasteiger partial charge in [-0.3, -0.25) is 4.79 Å². The molecule has 2 aromatic rings. The van der Waals surface area contributed by atoms with Crippen molar-refractivity contribution in [3.8, 4) is 17.2 Å². The van der Waals surface area contributed by atoms with E-state index in [1.165, 1.54) is 25.7 Å². The number of carbonyl (C=O) groups is 1. The minimum absolute atomic E-state index is 0.0869. The largest absolute Gasteiger partial charge is 0.494 e. The summed E-state index contributed by atoms with van der Waals surface area (Å²) in [5.41, 5.74) is 0.707. The smallest absolute Gasteiger partial charge is 0.262 e. The maximum Gasteiger partial charge on any atom is 0.262 e. The van der Waals surface area contributed by atoms with Crippen molar-refractivity contribution in [2.45, 2.75) is 39.0 Å². The van der Waals surface area contributed by atoms with Crippen LogP contribution < -0.4 is 19.5 Å². The van der Waals surface area contributed by atoms with Crippen LogP contribution in [-0.4, -0.2) is 26.2 Å². The first kappa shape index (κ1) is 20.6. The molecular formula is C22H29NO4. The van der Waals surface area contributed by atoms with Gasteiger partial charge in [0.1, 0.15) is 5.75 Å². The van der Waals surface area contributed by atoms with Gasteiger partial charge in [0, 0.05) is 5.69 Å². The van der Waals surface area contributed by atoms with Gasteiger partial charge < -0.3 is 19.5 Å². The zero-order valence-corrected chi connectivity index (χ0v) is 16.2. The maximum atomic E-state index is 12.1. The number of unbranched alkanes of at least 4 members (excludes halogenated alkanes) is 4. The van der Waals surface area contributed by atoms with Crippen LogP contribution in [0.5, 0.6) is 17.2 Å². The molecule has 0 unspecified atom stereocenters. The highest BCUT2D eigenvalue weighted by Gasteiger charge is 2.07. The fourth-order valence-electron chi connectivity index (χ4n) is 2.61. The molecule has 0 aromatic heterocycles. The maximum absolute atomic E-state index is 12.1. The Morgan fingerprint density at radius 1 is 0.889 bits per heavy atom. The lowest BCUT2D eigenvalue weighted by Gasteiger charge is -2.11. The molecule has 1 amide bonds. The second-order valence-electron chi connectivity index (χ2n) is 6.27. The van der Waals surface area contributed by atoms with Crippen molar-refractivity contribution < 1.29 is 19.0 Å². The van der Waals surface area contributed by atoms with E-state index in [1.54, 1.807) is 19.2 Å². The molecule has 0 atom stereocenters. The molecule has 0 fully saturated rings. The van der Waals surface area contributed by atoms with Crippen LogP contribution in [0.1, 0.15) is 39.0 Å². The van der Waals surface area contributed by atoms with Crippen molar-refractivity contribution in [2.75, 3.05) is 25.6 Å². The monoisotopic (exact) mass is 371 g/mol. The van der Waals surface area contributed by atoms with E-state index >= 15 is 0 Å². The molecule has 0 saturated carbocycles. The number of carbonyl (C=O) groups excluding carboxylic acids is 1. The third-order valence-corrected chi connectivity index (χ3v) is 4.08. The lowest BCUT2D eigenvalue weighted by molar-refractivity contribution is -0.118. The van der Waals surface area contributed by atoms with Crippen LogP contribution in [-0.2, 0) is 4.79 Å². The summed E-state index contributed by atoms with van der Waals surface area (Å²) in [4.78, 5) is 12.1. The van der Waals surface area contributed by atoms with Crippen molar-refractivity contribution in [2.24, 2.45) is 0 Å². The molecule has 0 radical (unpaired) electrons. The fraction of sp³-hybridized carbons (Fsp3) is 0.409. The third kappa shape index (κ3) is 7.60. The van der Waals surface area contributed by atoms with E-state index in [4.69, 9.17) is 14.2 Å². The van der Waals surface area contributed by atoms with Gasteiger partial charge in [-0.05, 0) is 42.8 Å². The number of amides is 1. The van der Waals surface area contributed by atoms with Crippen molar-refractivity contribution in [1.29, 1.82) is 0 Å². The SMILES string of the molecule is CCCCCCCOc1ccc(NC(=O)COc2ccccc2OC)cc1. The number of anilines is 1. The number of hydrogen-bond acceptors (Lipinski definition) is 4. The highest BCUT2D eigenvalue weighted by atomic mass is 16.5. The van der Waals surface area contributed by atoms with E-state index in [9.17, 15) is 4.79 Å². The van der Waals surface area contributed by atoms with Gasteiger partial charge in [0.25, 0.3) is 5.91 Å². The first-order valence-corrected chi connectivity index (χ1v) is 9.51. The Kier molecular flexibility index (Phi) is 9.04. The molecule has 0 heterocycles. The Labute approximate surface area is 161 Å². The lowest BCUT2D eigenvalue weighted by atomic mass is 10.2. The highest BCUT2D eigenvalue weighted by Crippen LogP contribution is 2.25. The second-order valence-corrected chi connectivity index (χ2v) is 6.27. The van der Waals surface area contributed by atoms with E-state index in [-0.39, 0.29) is 12.5 Å². The van der Waals surface area contributed by atoms with E-state index in [0.29, 0.717) is 17.2 Å². The fourth-order valence-corrected chi connectivity index (χ4v) is 2.61. The minimum atomic E-state index is -0.231. The van der Waals surface area contributed by atoms with Crippen LogP contribution >= 0.6 is 0 Å². The van der Waals surface area contributed by atoms with Gasteiger partial charge in [-0.1, -0.05) is 44.7 Å². The summed E-state index contributed by atoms with van der Waals surface area (Å²) in [6.07, 6.45) is 6.07. The molecule has 0 aliphatic carbocycles. The normalized spacial score (nSPS) is 10.3. The predicted octanol–water partition coefficient (Wildman–Crippen LogP) is 5.06. The minimum Gasteiger partial charge on any atom is -0.494 e. The number of methoxy groups -OCH3 is 1. The predicted molar refractivity (Wildman–Crippen MR) is 108 cm³/mol. The highest BCUT2D eigenvalue weighted by molar-refractivity contribution is 5.91. The van der Waals surface area contributed by atoms with Gasteiger partial charge in [-0.2, -0.15) is 0 Å². The Balaban J connectivity index is 1.71. The first-order valence-electron chi connectivity index (χ1n) is 9.51. The molecule has 0 bridgehead atoms. The van der Waals surface area contributed by atoms with Gasteiger partial charge in [0.2, 0.25) is 0 Å². The third-order valence-electron chi connectivity index (χ3n) is 4.08. The van der Waals surface area contributed by atoms with Crippen molar-refractivity contribution in [3.63, 3.8) is 0 Å². The van der Waals surface area contributed by atoms with E-state index in [0.717, 1.165) is 18.8 Å². The number of para-hydroxylation sites is 2. The molecule has 0 aliphatic rings. The average molecular weight is 371 g/mol. The van der Waals surface area contributed by atoms with Gasteiger partial charge in [-0.25, -0.2) is 0 Å². The number of ether oxygens (including phenoxy) is 3. The number of rotatable bonds is 12. The molecule has 0 spiro atoms. The molecule has 2 rings (SSSR count). The lowest BCUT2D eigenvalue weighted by Crippen LogP contribution is -2.20. The molecule has 146 valence electrons. The summed E-state index contributed by atoms with van der Waals surface area (Å²) in [6, 6.07) is 14.6. The summed E-state index contributed by atoms with van der Waals surface area (Å²) >= 11 is 0. The van der Waals surface area contributed by atoms with Crippen molar-refractivity contribution in [3.05, 3.63) is 48.5 Å². The zero-order valence-electron chi connectivity index (χ0n) is 16.2. The molecule has 1 N–H and O–H groups in total. The summed E-state index contributed by atoms with van der Waals surface area (Å²) in [5, 5.41) is 2.81. The quantitative estimate of drug-likeness (QED) is 0.530. The van der Waals surface area contributed by atoms with E-state index < -0.39 is 0 Å². The molecular weight excluding hydrogens is 342 g/mol. The Bertz CT molecular complexity index is 685. The summed E-state index contributed by atoms with van der Waals surface area (Å²) in [6.45, 7) is 2.85. The average Bonchev–Trinajstić information content (AvgIpc) is 2.70. The standard InChI is InChI=1S/C22H29NO4/c1-3-4-5-6-9-16-26-19-14-12-18(13-15-19)23-22(24)17-27-21-11-8-7-10-20(21)25-2/h7-8,10-15H,3-6,9,16-17H2,1-2H3,(H,23,24). The van der Waals surface area contributed by atoms with Gasteiger partial charge in [-0.15, -0.1) is 0 Å². The number of hydrogen-bond donors (Lipinski definition) is 1. The summed E-state index contributed by atoms with van der Waals surface area (Å²) in [7, 11) is 1.57. The Morgan fingerprint density at radius 3 is 2.30 bits per heavy atom. The van der Waals surface area contributed by atoms with E-state index in [1.807, 2.05) is 36.4 Å². The van der Waals surface area contributed by atoms with Crippen LogP contribution in [0.3, 0.4) is 0 Å². The number of benzene rings is 2. The molecule has 27 heavy (non-hydrogen) atoms. The molecule has 0 aliphatic heterocycles. The van der Waals surface area contributed by atoms with Gasteiger partial charge in [0.05, 0.1) is 13.7 Å². The van der Waals surface area contributed by atoms with Crippen LogP contribution in [0.2, 0.25) is 0 Å². The second kappa shape index (κ2) is 11.8. The van der Waals surface area contributed by atoms with Crippen LogP contribution in [0, 0.1) is 0 Å². The number of nitrogens with one attached hydrogen (secondary N) is 1. The Hall–Kier alpha value is -2.69. The van der Waals surface area contributed by atoms with Crippen molar-refractivity contribution in [1.82, 2.24) is 0 Å². The van der Waals surface area contributed by atoms with Crippen LogP contribution in [0.15, 0.2) is 48.5 Å². The van der Waals surface area contributed by atoms with Crippen LogP contribution in [0.4, 0.5) is 5.69 Å². The zero-order chi connectivity index (χ0) is 19.3. The molecule has 0 saturated heterocycles. The van der Waals surface area contributed by atoms with Crippen LogP contribution in [0.25, 0.3) is 0 Å².